The number of aliphatic hydroxyl groups excluding tert-OH is 1. The molecular weight excluding hydrogens is 697 g/mol. The molecule has 0 unspecified atom stereocenters. The number of carboxylic acids is 1. The molecule has 27 heavy (non-hydrogen) atoms. The number of amides is 2. The second kappa shape index (κ2) is 10.5. The number of hydrogen-bond donors (Lipinski definition) is 4. The van der Waals surface area contributed by atoms with Gasteiger partial charge in [0.15, 0.2) is 0 Å². The quantitative estimate of drug-likeness (QED) is 0.307. The molecule has 8 nitrogen and oxygen atoms in total. The molecule has 2 amide bonds. The summed E-state index contributed by atoms with van der Waals surface area (Å²) in [6.07, 6.45) is 0.333. The van der Waals surface area contributed by atoms with Gasteiger partial charge in [0.25, 0.3) is 5.91 Å². The van der Waals surface area contributed by atoms with Crippen LogP contribution in [0.3, 0.4) is 0 Å². The summed E-state index contributed by atoms with van der Waals surface area (Å²) in [4.78, 5) is 36.6. The maximum Gasteiger partial charge on any atom is 0.337 e. The van der Waals surface area contributed by atoms with Crippen LogP contribution in [0.4, 0.5) is 5.69 Å². The number of methoxy groups -OCH3 is 1. The normalized spacial score (nSPS) is 11.2. The van der Waals surface area contributed by atoms with E-state index in [2.05, 4.69) is 10.6 Å². The van der Waals surface area contributed by atoms with Crippen molar-refractivity contribution in [2.24, 2.45) is 0 Å². The average molecular weight is 716 g/mol. The highest BCUT2D eigenvalue weighted by Gasteiger charge is 2.30. The Labute approximate surface area is 197 Å². The van der Waals surface area contributed by atoms with Crippen molar-refractivity contribution in [3.05, 3.63) is 21.8 Å². The number of carboxylic acid groups (broad SMARTS) is 1. The molecule has 0 aliphatic heterocycles. The van der Waals surface area contributed by atoms with E-state index in [0.717, 1.165) is 0 Å². The smallest absolute Gasteiger partial charge is 0.337 e. The fourth-order valence-electron chi connectivity index (χ4n) is 2.18. The summed E-state index contributed by atoms with van der Waals surface area (Å²) < 4.78 is 5.81. The van der Waals surface area contributed by atoms with Crippen molar-refractivity contribution in [3.63, 3.8) is 0 Å². The molecule has 0 aliphatic rings. The first-order chi connectivity index (χ1) is 12.5. The zero-order chi connectivity index (χ0) is 20.9. The van der Waals surface area contributed by atoms with Crippen molar-refractivity contribution in [2.75, 3.05) is 25.6 Å². The van der Waals surface area contributed by atoms with E-state index in [1.54, 1.807) is 13.8 Å². The van der Waals surface area contributed by atoms with Crippen LogP contribution in [0.15, 0.2) is 0 Å². The molecule has 0 saturated heterocycles. The van der Waals surface area contributed by atoms with Crippen molar-refractivity contribution in [1.82, 2.24) is 5.32 Å². The SMILES string of the molecule is COCC(=O)Nc1c(I)c(C(=O)O)c(I)c(C(=O)NC(C)(C)CCO)c1I. The number of rotatable bonds is 8. The third-order valence-electron chi connectivity index (χ3n) is 3.49. The first kappa shape index (κ1) is 24.8. The van der Waals surface area contributed by atoms with E-state index in [1.165, 1.54) is 7.11 Å². The minimum Gasteiger partial charge on any atom is -0.478 e. The van der Waals surface area contributed by atoms with Crippen molar-refractivity contribution < 1.29 is 29.3 Å². The predicted octanol–water partition coefficient (Wildman–Crippen LogP) is 2.67. The number of halogens is 3. The van der Waals surface area contributed by atoms with Crippen LogP contribution in [0.2, 0.25) is 0 Å². The number of benzene rings is 1. The van der Waals surface area contributed by atoms with E-state index in [4.69, 9.17) is 9.84 Å². The largest absolute Gasteiger partial charge is 0.478 e. The third kappa shape index (κ3) is 6.37. The van der Waals surface area contributed by atoms with Crippen LogP contribution in [-0.4, -0.2) is 53.9 Å². The van der Waals surface area contributed by atoms with Gasteiger partial charge in [-0.05, 0) is 88.0 Å². The Hall–Kier alpha value is -0.260. The number of hydrogen-bond acceptors (Lipinski definition) is 5. The molecule has 0 aromatic heterocycles. The van der Waals surface area contributed by atoms with Crippen molar-refractivity contribution in [3.8, 4) is 0 Å². The Morgan fingerprint density at radius 3 is 2.11 bits per heavy atom. The van der Waals surface area contributed by atoms with Crippen LogP contribution in [-0.2, 0) is 9.53 Å². The van der Waals surface area contributed by atoms with Crippen LogP contribution < -0.4 is 10.6 Å². The molecule has 1 aromatic carbocycles. The topological polar surface area (TPSA) is 125 Å². The lowest BCUT2D eigenvalue weighted by Gasteiger charge is -2.27. The molecule has 0 bridgehead atoms. The first-order valence-corrected chi connectivity index (χ1v) is 10.9. The maximum absolute atomic E-state index is 12.9. The fourth-order valence-corrected chi connectivity index (χ4v) is 6.57. The van der Waals surface area contributed by atoms with E-state index >= 15 is 0 Å². The molecule has 1 rings (SSSR count). The minimum atomic E-state index is -1.20. The Bertz CT molecular complexity index is 767. The number of ether oxygens (including phenoxy) is 1. The summed E-state index contributed by atoms with van der Waals surface area (Å²) >= 11 is 5.58. The number of carbonyl (C=O) groups excluding carboxylic acids is 2. The highest BCUT2D eigenvalue weighted by Crippen LogP contribution is 2.36. The van der Waals surface area contributed by atoms with Crippen molar-refractivity contribution >= 4 is 91.2 Å². The van der Waals surface area contributed by atoms with Gasteiger partial charge in [0.05, 0.1) is 24.0 Å². The molecule has 0 spiro atoms. The van der Waals surface area contributed by atoms with E-state index < -0.39 is 23.3 Å². The van der Waals surface area contributed by atoms with Gasteiger partial charge in [-0.15, -0.1) is 0 Å². The zero-order valence-electron chi connectivity index (χ0n) is 14.8. The summed E-state index contributed by atoms with van der Waals surface area (Å²) in [5.74, 6) is -2.15. The molecule has 0 radical (unpaired) electrons. The van der Waals surface area contributed by atoms with E-state index in [-0.39, 0.29) is 33.6 Å². The van der Waals surface area contributed by atoms with Crippen LogP contribution in [0.5, 0.6) is 0 Å². The number of aromatic carboxylic acids is 1. The lowest BCUT2D eigenvalue weighted by atomic mass is 10.00. The summed E-state index contributed by atoms with van der Waals surface area (Å²) in [6.45, 7) is 3.21. The molecule has 0 atom stereocenters. The summed E-state index contributed by atoms with van der Waals surface area (Å²) in [5.41, 5.74) is -0.340. The molecule has 0 aliphatic carbocycles. The monoisotopic (exact) mass is 716 g/mol. The average Bonchev–Trinajstić information content (AvgIpc) is 2.50. The number of carbonyl (C=O) groups is 3. The zero-order valence-corrected chi connectivity index (χ0v) is 21.3. The lowest BCUT2D eigenvalue weighted by Crippen LogP contribution is -2.44. The van der Waals surface area contributed by atoms with Crippen LogP contribution in [0.25, 0.3) is 0 Å². The first-order valence-electron chi connectivity index (χ1n) is 7.62. The van der Waals surface area contributed by atoms with Crippen LogP contribution in [0.1, 0.15) is 41.0 Å². The molecule has 150 valence electrons. The van der Waals surface area contributed by atoms with E-state index in [9.17, 15) is 19.5 Å². The summed E-state index contributed by atoms with van der Waals surface area (Å²) in [5, 5.41) is 24.2. The van der Waals surface area contributed by atoms with Gasteiger partial charge in [-0.25, -0.2) is 4.79 Å². The Kier molecular flexibility index (Phi) is 9.63. The molecule has 0 fully saturated rings. The van der Waals surface area contributed by atoms with Gasteiger partial charge in [-0.2, -0.15) is 0 Å². The highest BCUT2D eigenvalue weighted by atomic mass is 127. The Balaban J connectivity index is 3.55. The molecule has 0 heterocycles. The molecule has 0 saturated carbocycles. The lowest BCUT2D eigenvalue weighted by molar-refractivity contribution is -0.119. The van der Waals surface area contributed by atoms with Gasteiger partial charge in [-0.1, -0.05) is 0 Å². The highest BCUT2D eigenvalue weighted by molar-refractivity contribution is 14.1. The summed E-state index contributed by atoms with van der Waals surface area (Å²) in [6, 6.07) is 0. The van der Waals surface area contributed by atoms with Crippen LogP contribution in [0, 0.1) is 10.7 Å². The molecular formula is C16H19I3N2O6. The minimum absolute atomic E-state index is 0.0607. The van der Waals surface area contributed by atoms with Crippen LogP contribution >= 0.6 is 67.8 Å². The standard InChI is InChI=1S/C16H19I3N2O6/c1-16(2,4-5-22)21-14(24)8-10(17)9(15(25)26)12(19)13(11(8)18)20-7(23)6-27-3/h22H,4-6H2,1-3H3,(H,20,23)(H,21,24)(H,25,26). The fraction of sp³-hybridized carbons (Fsp3) is 0.438. The maximum atomic E-state index is 12.9. The van der Waals surface area contributed by atoms with Gasteiger partial charge in [0.1, 0.15) is 6.61 Å². The van der Waals surface area contributed by atoms with Gasteiger partial charge in [-0.3, -0.25) is 9.59 Å². The second-order valence-corrected chi connectivity index (χ2v) is 9.40. The van der Waals surface area contributed by atoms with Crippen molar-refractivity contribution in [1.29, 1.82) is 0 Å². The van der Waals surface area contributed by atoms with E-state index in [0.29, 0.717) is 13.6 Å². The predicted molar refractivity (Wildman–Crippen MR) is 125 cm³/mol. The van der Waals surface area contributed by atoms with Gasteiger partial charge < -0.3 is 25.6 Å². The molecule has 11 heteroatoms. The second-order valence-electron chi connectivity index (χ2n) is 6.16. The Morgan fingerprint density at radius 2 is 1.63 bits per heavy atom. The third-order valence-corrected chi connectivity index (χ3v) is 6.72. The molecule has 1 aromatic rings. The number of aliphatic hydroxyl groups is 1. The van der Waals surface area contributed by atoms with Gasteiger partial charge in [0.2, 0.25) is 5.91 Å². The van der Waals surface area contributed by atoms with Gasteiger partial charge in [0, 0.05) is 22.8 Å². The number of nitrogens with one attached hydrogen (secondary N) is 2. The van der Waals surface area contributed by atoms with Crippen molar-refractivity contribution in [2.45, 2.75) is 25.8 Å². The summed E-state index contributed by atoms with van der Waals surface area (Å²) in [7, 11) is 1.37. The number of anilines is 1. The van der Waals surface area contributed by atoms with E-state index in [1.807, 2.05) is 67.8 Å². The Morgan fingerprint density at radius 1 is 1.07 bits per heavy atom. The molecule has 4 N–H and O–H groups in total. The van der Waals surface area contributed by atoms with Gasteiger partial charge >= 0.3 is 5.97 Å².